The summed E-state index contributed by atoms with van der Waals surface area (Å²) in [6.45, 7) is 0.141. The number of anilines is 1. The summed E-state index contributed by atoms with van der Waals surface area (Å²) in [7, 11) is 1.61. The molecule has 22 heavy (non-hydrogen) atoms. The number of nitrogens with zero attached hydrogens (tertiary/aromatic N) is 1. The summed E-state index contributed by atoms with van der Waals surface area (Å²) in [6, 6.07) is 15.0. The molecule has 2 aromatic carbocycles. The Balaban J connectivity index is 1.77. The van der Waals surface area contributed by atoms with Crippen LogP contribution < -0.4 is 15.5 Å². The van der Waals surface area contributed by atoms with Gasteiger partial charge in [-0.3, -0.25) is 4.79 Å². The van der Waals surface area contributed by atoms with Crippen molar-refractivity contribution in [3.63, 3.8) is 0 Å². The SMILES string of the molecule is COc1ccc(NCC(=O)N/N=C/c2cccc(Br)c2)cc1. The molecule has 5 nitrogen and oxygen atoms in total. The second kappa shape index (κ2) is 8.19. The number of hydrogen-bond donors (Lipinski definition) is 2. The van der Waals surface area contributed by atoms with Gasteiger partial charge in [0.05, 0.1) is 19.9 Å². The molecule has 0 heterocycles. The molecule has 114 valence electrons. The van der Waals surface area contributed by atoms with Gasteiger partial charge in [0.2, 0.25) is 0 Å². The molecule has 0 fully saturated rings. The summed E-state index contributed by atoms with van der Waals surface area (Å²) in [5, 5.41) is 6.92. The molecule has 0 saturated heterocycles. The lowest BCUT2D eigenvalue weighted by atomic mass is 10.2. The average Bonchev–Trinajstić information content (AvgIpc) is 2.53. The van der Waals surface area contributed by atoms with Gasteiger partial charge in [-0.05, 0) is 42.0 Å². The molecule has 0 aromatic heterocycles. The third-order valence-electron chi connectivity index (χ3n) is 2.79. The first-order valence-corrected chi connectivity index (χ1v) is 7.42. The van der Waals surface area contributed by atoms with E-state index in [4.69, 9.17) is 4.74 Å². The van der Waals surface area contributed by atoms with Crippen molar-refractivity contribution in [2.75, 3.05) is 19.0 Å². The van der Waals surface area contributed by atoms with Crippen LogP contribution in [0.4, 0.5) is 5.69 Å². The maximum Gasteiger partial charge on any atom is 0.259 e. The van der Waals surface area contributed by atoms with Crippen LogP contribution in [0.2, 0.25) is 0 Å². The predicted octanol–water partition coefficient (Wildman–Crippen LogP) is 3.02. The van der Waals surface area contributed by atoms with Crippen LogP contribution in [0.15, 0.2) is 58.1 Å². The molecule has 6 heteroatoms. The highest BCUT2D eigenvalue weighted by atomic mass is 79.9. The number of carbonyl (C=O) groups is 1. The topological polar surface area (TPSA) is 62.7 Å². The Morgan fingerprint density at radius 3 is 2.73 bits per heavy atom. The number of methoxy groups -OCH3 is 1. The van der Waals surface area contributed by atoms with E-state index in [1.807, 2.05) is 48.5 Å². The van der Waals surface area contributed by atoms with E-state index in [1.54, 1.807) is 13.3 Å². The number of amides is 1. The van der Waals surface area contributed by atoms with Crippen molar-refractivity contribution in [1.82, 2.24) is 5.43 Å². The van der Waals surface area contributed by atoms with Crippen molar-refractivity contribution in [3.8, 4) is 5.75 Å². The summed E-state index contributed by atoms with van der Waals surface area (Å²) < 4.78 is 6.03. The molecule has 0 atom stereocenters. The van der Waals surface area contributed by atoms with Crippen molar-refractivity contribution in [1.29, 1.82) is 0 Å². The van der Waals surface area contributed by atoms with Gasteiger partial charge >= 0.3 is 0 Å². The molecule has 0 unspecified atom stereocenters. The summed E-state index contributed by atoms with van der Waals surface area (Å²) in [5.41, 5.74) is 4.21. The van der Waals surface area contributed by atoms with Gasteiger partial charge in [0, 0.05) is 10.2 Å². The molecule has 2 rings (SSSR count). The highest BCUT2D eigenvalue weighted by molar-refractivity contribution is 9.10. The first-order valence-electron chi connectivity index (χ1n) is 6.63. The van der Waals surface area contributed by atoms with Gasteiger partial charge in [-0.25, -0.2) is 5.43 Å². The Kier molecular flexibility index (Phi) is 5.97. The Bertz CT molecular complexity index is 657. The molecular formula is C16H16BrN3O2. The van der Waals surface area contributed by atoms with Crippen LogP contribution in [0.3, 0.4) is 0 Å². The van der Waals surface area contributed by atoms with E-state index in [9.17, 15) is 4.79 Å². The minimum Gasteiger partial charge on any atom is -0.497 e. The zero-order valence-corrected chi connectivity index (χ0v) is 13.6. The Morgan fingerprint density at radius 1 is 1.27 bits per heavy atom. The van der Waals surface area contributed by atoms with Gasteiger partial charge in [0.15, 0.2) is 0 Å². The van der Waals surface area contributed by atoms with E-state index in [2.05, 4.69) is 31.8 Å². The number of carbonyl (C=O) groups excluding carboxylic acids is 1. The summed E-state index contributed by atoms with van der Waals surface area (Å²) in [6.07, 6.45) is 1.59. The molecule has 0 aliphatic rings. The number of benzene rings is 2. The lowest BCUT2D eigenvalue weighted by molar-refractivity contribution is -0.119. The van der Waals surface area contributed by atoms with Crippen molar-refractivity contribution in [3.05, 3.63) is 58.6 Å². The van der Waals surface area contributed by atoms with Crippen molar-refractivity contribution < 1.29 is 9.53 Å². The predicted molar refractivity (Wildman–Crippen MR) is 91.4 cm³/mol. The smallest absolute Gasteiger partial charge is 0.259 e. The lowest BCUT2D eigenvalue weighted by Gasteiger charge is -2.06. The molecule has 0 saturated carbocycles. The molecule has 0 bridgehead atoms. The summed E-state index contributed by atoms with van der Waals surface area (Å²) in [5.74, 6) is 0.552. The normalized spacial score (nSPS) is 10.5. The van der Waals surface area contributed by atoms with Crippen LogP contribution in [-0.4, -0.2) is 25.8 Å². The van der Waals surface area contributed by atoms with Crippen molar-refractivity contribution >= 4 is 33.7 Å². The van der Waals surface area contributed by atoms with Crippen LogP contribution in [0.1, 0.15) is 5.56 Å². The fourth-order valence-electron chi connectivity index (χ4n) is 1.70. The van der Waals surface area contributed by atoms with E-state index >= 15 is 0 Å². The molecule has 2 aromatic rings. The minimum atomic E-state index is -0.220. The van der Waals surface area contributed by atoms with Crippen LogP contribution >= 0.6 is 15.9 Å². The molecule has 2 N–H and O–H groups in total. The Labute approximate surface area is 137 Å². The quantitative estimate of drug-likeness (QED) is 0.613. The van der Waals surface area contributed by atoms with Gasteiger partial charge in [-0.15, -0.1) is 0 Å². The fourth-order valence-corrected chi connectivity index (χ4v) is 2.11. The largest absolute Gasteiger partial charge is 0.497 e. The zero-order valence-electron chi connectivity index (χ0n) is 12.0. The first kappa shape index (κ1) is 16.0. The van der Waals surface area contributed by atoms with E-state index in [0.29, 0.717) is 0 Å². The molecule has 0 spiro atoms. The van der Waals surface area contributed by atoms with Gasteiger partial charge in [-0.2, -0.15) is 5.10 Å². The highest BCUT2D eigenvalue weighted by Gasteiger charge is 1.99. The first-order chi connectivity index (χ1) is 10.7. The van der Waals surface area contributed by atoms with Crippen LogP contribution in [0.5, 0.6) is 5.75 Å². The molecule has 1 amide bonds. The van der Waals surface area contributed by atoms with Crippen molar-refractivity contribution in [2.45, 2.75) is 0 Å². The van der Waals surface area contributed by atoms with Crippen LogP contribution in [0.25, 0.3) is 0 Å². The van der Waals surface area contributed by atoms with Gasteiger partial charge in [0.25, 0.3) is 5.91 Å². The van der Waals surface area contributed by atoms with Crippen molar-refractivity contribution in [2.24, 2.45) is 5.10 Å². The maximum absolute atomic E-state index is 11.7. The third kappa shape index (κ3) is 5.21. The third-order valence-corrected chi connectivity index (χ3v) is 3.29. The minimum absolute atomic E-state index is 0.141. The van der Waals surface area contributed by atoms with E-state index < -0.39 is 0 Å². The van der Waals surface area contributed by atoms with E-state index in [0.717, 1.165) is 21.5 Å². The maximum atomic E-state index is 11.7. The number of rotatable bonds is 6. The highest BCUT2D eigenvalue weighted by Crippen LogP contribution is 2.14. The molecule has 0 radical (unpaired) electrons. The molecule has 0 aliphatic carbocycles. The fraction of sp³-hybridized carbons (Fsp3) is 0.125. The lowest BCUT2D eigenvalue weighted by Crippen LogP contribution is -2.25. The van der Waals surface area contributed by atoms with E-state index in [1.165, 1.54) is 0 Å². The number of hydrogen-bond acceptors (Lipinski definition) is 4. The average molecular weight is 362 g/mol. The zero-order chi connectivity index (χ0) is 15.8. The monoisotopic (exact) mass is 361 g/mol. The summed E-state index contributed by atoms with van der Waals surface area (Å²) in [4.78, 5) is 11.7. The second-order valence-electron chi connectivity index (χ2n) is 4.43. The number of ether oxygens (including phenoxy) is 1. The van der Waals surface area contributed by atoms with Crippen LogP contribution in [0, 0.1) is 0 Å². The standard InChI is InChI=1S/C16H16BrN3O2/c1-22-15-7-5-14(6-8-15)18-11-16(21)20-19-10-12-3-2-4-13(17)9-12/h2-10,18H,11H2,1H3,(H,20,21)/b19-10+. The van der Waals surface area contributed by atoms with Gasteiger partial charge in [0.1, 0.15) is 5.75 Å². The number of nitrogens with one attached hydrogen (secondary N) is 2. The van der Waals surface area contributed by atoms with Gasteiger partial charge < -0.3 is 10.1 Å². The Hall–Kier alpha value is -2.34. The van der Waals surface area contributed by atoms with Crippen LogP contribution in [-0.2, 0) is 4.79 Å². The van der Waals surface area contributed by atoms with Gasteiger partial charge in [-0.1, -0.05) is 28.1 Å². The molecular weight excluding hydrogens is 346 g/mol. The second-order valence-corrected chi connectivity index (χ2v) is 5.35. The molecule has 0 aliphatic heterocycles. The summed E-state index contributed by atoms with van der Waals surface area (Å²) >= 11 is 3.38. The van der Waals surface area contributed by atoms with E-state index in [-0.39, 0.29) is 12.5 Å². The number of halogens is 1. The Morgan fingerprint density at radius 2 is 2.05 bits per heavy atom. The number of hydrazone groups is 1.